The van der Waals surface area contributed by atoms with Crippen LogP contribution in [-0.4, -0.2) is 17.6 Å². The topological polar surface area (TPSA) is 58.6 Å². The number of carbonyl (C=O) groups excluding carboxylic acids is 1. The molecule has 0 spiro atoms. The maximum absolute atomic E-state index is 11.9. The molecule has 0 bridgehead atoms. The van der Waals surface area contributed by atoms with Crippen molar-refractivity contribution in [1.82, 2.24) is 0 Å². The standard InChI is InChI=1S/C16H16BrNO3/c1-11(19)14-7-2-3-8-15(14)21-10-16(20)18-13-6-4-5-12(17)9-13/h2-9,11,19H,10H2,1H3,(H,18,20)/t11-/m0/s1. The minimum Gasteiger partial charge on any atom is -0.483 e. The summed E-state index contributed by atoms with van der Waals surface area (Å²) in [6.45, 7) is 1.54. The van der Waals surface area contributed by atoms with Crippen molar-refractivity contribution < 1.29 is 14.6 Å². The first-order valence-corrected chi connectivity index (χ1v) is 7.31. The molecule has 2 N–H and O–H groups in total. The summed E-state index contributed by atoms with van der Waals surface area (Å²) in [5, 5.41) is 12.4. The van der Waals surface area contributed by atoms with Crippen LogP contribution in [-0.2, 0) is 4.79 Å². The average molecular weight is 350 g/mol. The third kappa shape index (κ3) is 4.58. The van der Waals surface area contributed by atoms with Crippen LogP contribution in [0.4, 0.5) is 5.69 Å². The van der Waals surface area contributed by atoms with Gasteiger partial charge in [-0.05, 0) is 31.2 Å². The number of hydrogen-bond donors (Lipinski definition) is 2. The first kappa shape index (κ1) is 15.5. The van der Waals surface area contributed by atoms with E-state index >= 15 is 0 Å². The zero-order valence-electron chi connectivity index (χ0n) is 11.5. The highest BCUT2D eigenvalue weighted by Crippen LogP contribution is 2.24. The van der Waals surface area contributed by atoms with Gasteiger partial charge in [-0.1, -0.05) is 40.2 Å². The fourth-order valence-corrected chi connectivity index (χ4v) is 2.26. The molecule has 2 rings (SSSR count). The Kier molecular flexibility index (Phi) is 5.36. The zero-order chi connectivity index (χ0) is 15.2. The second-order valence-electron chi connectivity index (χ2n) is 4.56. The van der Waals surface area contributed by atoms with Gasteiger partial charge in [0.1, 0.15) is 5.75 Å². The van der Waals surface area contributed by atoms with Crippen molar-refractivity contribution in [2.45, 2.75) is 13.0 Å². The number of rotatable bonds is 5. The summed E-state index contributed by atoms with van der Waals surface area (Å²) in [7, 11) is 0. The number of aliphatic hydroxyl groups excluding tert-OH is 1. The predicted molar refractivity (Wildman–Crippen MR) is 85.3 cm³/mol. The van der Waals surface area contributed by atoms with Crippen LogP contribution in [0.15, 0.2) is 53.0 Å². The van der Waals surface area contributed by atoms with Crippen molar-refractivity contribution in [2.75, 3.05) is 11.9 Å². The Morgan fingerprint density at radius 1 is 1.29 bits per heavy atom. The second kappa shape index (κ2) is 7.24. The lowest BCUT2D eigenvalue weighted by Gasteiger charge is -2.13. The monoisotopic (exact) mass is 349 g/mol. The van der Waals surface area contributed by atoms with Crippen molar-refractivity contribution in [1.29, 1.82) is 0 Å². The van der Waals surface area contributed by atoms with Crippen LogP contribution >= 0.6 is 15.9 Å². The number of amides is 1. The van der Waals surface area contributed by atoms with Gasteiger partial charge < -0.3 is 15.2 Å². The van der Waals surface area contributed by atoms with Crippen LogP contribution in [0.3, 0.4) is 0 Å². The highest BCUT2D eigenvalue weighted by molar-refractivity contribution is 9.10. The first-order valence-electron chi connectivity index (χ1n) is 6.51. The van der Waals surface area contributed by atoms with E-state index in [0.29, 0.717) is 17.0 Å². The van der Waals surface area contributed by atoms with Crippen LogP contribution in [0, 0.1) is 0 Å². The van der Waals surface area contributed by atoms with Gasteiger partial charge in [0.15, 0.2) is 6.61 Å². The molecule has 4 nitrogen and oxygen atoms in total. The van der Waals surface area contributed by atoms with Crippen molar-refractivity contribution in [3.8, 4) is 5.75 Å². The largest absolute Gasteiger partial charge is 0.483 e. The number of hydrogen-bond acceptors (Lipinski definition) is 3. The third-order valence-corrected chi connectivity index (χ3v) is 3.33. The van der Waals surface area contributed by atoms with Crippen LogP contribution in [0.2, 0.25) is 0 Å². The molecule has 0 radical (unpaired) electrons. The highest BCUT2D eigenvalue weighted by atomic mass is 79.9. The van der Waals surface area contributed by atoms with Crippen molar-refractivity contribution in [3.63, 3.8) is 0 Å². The number of ether oxygens (including phenoxy) is 1. The number of nitrogens with one attached hydrogen (secondary N) is 1. The molecule has 0 unspecified atom stereocenters. The molecule has 2 aromatic carbocycles. The summed E-state index contributed by atoms with van der Waals surface area (Å²) in [6.07, 6.45) is -0.644. The SMILES string of the molecule is C[C@H](O)c1ccccc1OCC(=O)Nc1cccc(Br)c1. The van der Waals surface area contributed by atoms with E-state index in [2.05, 4.69) is 21.2 Å². The van der Waals surface area contributed by atoms with Gasteiger partial charge in [0.05, 0.1) is 6.10 Å². The number of anilines is 1. The summed E-state index contributed by atoms with van der Waals surface area (Å²) in [5.74, 6) is 0.255. The van der Waals surface area contributed by atoms with E-state index in [1.165, 1.54) is 0 Å². The smallest absolute Gasteiger partial charge is 0.262 e. The maximum atomic E-state index is 11.9. The van der Waals surface area contributed by atoms with Gasteiger partial charge in [-0.2, -0.15) is 0 Å². The lowest BCUT2D eigenvalue weighted by Crippen LogP contribution is -2.20. The molecular formula is C16H16BrNO3. The van der Waals surface area contributed by atoms with E-state index in [1.54, 1.807) is 31.2 Å². The van der Waals surface area contributed by atoms with E-state index in [9.17, 15) is 9.90 Å². The molecule has 0 aliphatic rings. The Balaban J connectivity index is 1.95. The number of benzene rings is 2. The Bertz CT molecular complexity index is 628. The highest BCUT2D eigenvalue weighted by Gasteiger charge is 2.10. The van der Waals surface area contributed by atoms with Crippen LogP contribution in [0.1, 0.15) is 18.6 Å². The van der Waals surface area contributed by atoms with E-state index < -0.39 is 6.10 Å². The Hall–Kier alpha value is -1.85. The van der Waals surface area contributed by atoms with E-state index in [0.717, 1.165) is 4.47 Å². The Morgan fingerprint density at radius 3 is 2.76 bits per heavy atom. The second-order valence-corrected chi connectivity index (χ2v) is 5.48. The Labute approximate surface area is 131 Å². The molecule has 110 valence electrons. The number of carbonyl (C=O) groups is 1. The molecule has 0 aliphatic carbocycles. The first-order chi connectivity index (χ1) is 10.1. The fourth-order valence-electron chi connectivity index (χ4n) is 1.86. The van der Waals surface area contributed by atoms with Crippen LogP contribution in [0.25, 0.3) is 0 Å². The van der Waals surface area contributed by atoms with Gasteiger partial charge in [-0.25, -0.2) is 0 Å². The average Bonchev–Trinajstić information content (AvgIpc) is 2.45. The molecule has 0 saturated heterocycles. The van der Waals surface area contributed by atoms with Crippen molar-refractivity contribution in [3.05, 3.63) is 58.6 Å². The number of para-hydroxylation sites is 1. The van der Waals surface area contributed by atoms with Gasteiger partial charge in [0.2, 0.25) is 0 Å². The molecule has 1 atom stereocenters. The van der Waals surface area contributed by atoms with Gasteiger partial charge in [0, 0.05) is 15.7 Å². The molecule has 21 heavy (non-hydrogen) atoms. The molecule has 5 heteroatoms. The molecular weight excluding hydrogens is 334 g/mol. The molecule has 2 aromatic rings. The number of aliphatic hydroxyl groups is 1. The van der Waals surface area contributed by atoms with Crippen molar-refractivity contribution >= 4 is 27.5 Å². The molecule has 1 amide bonds. The van der Waals surface area contributed by atoms with E-state index in [4.69, 9.17) is 4.74 Å². The number of halogens is 1. The normalized spacial score (nSPS) is 11.8. The van der Waals surface area contributed by atoms with Crippen LogP contribution in [0.5, 0.6) is 5.75 Å². The van der Waals surface area contributed by atoms with Gasteiger partial charge in [0.25, 0.3) is 5.91 Å². The summed E-state index contributed by atoms with van der Waals surface area (Å²) >= 11 is 3.34. The molecule has 0 saturated carbocycles. The minimum atomic E-state index is -0.644. The Morgan fingerprint density at radius 2 is 2.05 bits per heavy atom. The fraction of sp³-hybridized carbons (Fsp3) is 0.188. The van der Waals surface area contributed by atoms with E-state index in [1.807, 2.05) is 24.3 Å². The third-order valence-electron chi connectivity index (χ3n) is 2.84. The molecule has 0 aliphatic heterocycles. The summed E-state index contributed by atoms with van der Waals surface area (Å²) in [6, 6.07) is 14.4. The van der Waals surface area contributed by atoms with Gasteiger partial charge in [-0.15, -0.1) is 0 Å². The van der Waals surface area contributed by atoms with Gasteiger partial charge in [-0.3, -0.25) is 4.79 Å². The summed E-state index contributed by atoms with van der Waals surface area (Å²) in [4.78, 5) is 11.9. The quantitative estimate of drug-likeness (QED) is 0.868. The molecule has 0 heterocycles. The predicted octanol–water partition coefficient (Wildman–Crippen LogP) is 3.52. The maximum Gasteiger partial charge on any atom is 0.262 e. The lowest BCUT2D eigenvalue weighted by molar-refractivity contribution is -0.118. The van der Waals surface area contributed by atoms with E-state index in [-0.39, 0.29) is 12.5 Å². The van der Waals surface area contributed by atoms with Gasteiger partial charge >= 0.3 is 0 Å². The molecule has 0 aromatic heterocycles. The molecule has 0 fully saturated rings. The summed E-state index contributed by atoms with van der Waals surface area (Å²) in [5.41, 5.74) is 1.36. The minimum absolute atomic E-state index is 0.115. The van der Waals surface area contributed by atoms with Crippen molar-refractivity contribution in [2.24, 2.45) is 0 Å². The lowest BCUT2D eigenvalue weighted by atomic mass is 10.1. The zero-order valence-corrected chi connectivity index (χ0v) is 13.1. The van der Waals surface area contributed by atoms with Crippen LogP contribution < -0.4 is 10.1 Å². The summed E-state index contributed by atoms with van der Waals surface area (Å²) < 4.78 is 6.37.